The van der Waals surface area contributed by atoms with Gasteiger partial charge in [-0.25, -0.2) is 9.78 Å². The minimum absolute atomic E-state index is 0.310. The van der Waals surface area contributed by atoms with E-state index in [1.165, 1.54) is 0 Å². The van der Waals surface area contributed by atoms with Crippen molar-refractivity contribution >= 4 is 29.9 Å². The number of hydrogen-bond donors (Lipinski definition) is 4. The minimum atomic E-state index is -0.984. The topological polar surface area (TPSA) is 107 Å². The van der Waals surface area contributed by atoms with Crippen LogP contribution in [-0.4, -0.2) is 39.8 Å². The Bertz CT molecular complexity index is 536. The molecule has 2 rings (SSSR count). The van der Waals surface area contributed by atoms with E-state index in [1.807, 2.05) is 6.92 Å². The third-order valence-corrected chi connectivity index (χ3v) is 3.73. The van der Waals surface area contributed by atoms with Crippen LogP contribution in [0.25, 0.3) is 0 Å². The molecule has 0 aliphatic carbocycles. The maximum absolute atomic E-state index is 10.7. The van der Waals surface area contributed by atoms with E-state index in [0.29, 0.717) is 23.5 Å². The summed E-state index contributed by atoms with van der Waals surface area (Å²) in [7, 11) is 0. The Labute approximate surface area is 115 Å². The van der Waals surface area contributed by atoms with Crippen LogP contribution in [0.15, 0.2) is 6.20 Å². The van der Waals surface area contributed by atoms with Gasteiger partial charge in [-0.2, -0.15) is 0 Å². The van der Waals surface area contributed by atoms with Gasteiger partial charge < -0.3 is 26.0 Å². The highest BCUT2D eigenvalue weighted by molar-refractivity contribution is 7.71. The zero-order valence-corrected chi connectivity index (χ0v) is 11.5. The number of nitrogens with two attached hydrogens (primary N) is 1. The molecule has 5 N–H and O–H groups in total. The average Bonchev–Trinajstić information content (AvgIpc) is 2.32. The molecule has 1 saturated heterocycles. The summed E-state index contributed by atoms with van der Waals surface area (Å²) < 4.78 is 0.429. The van der Waals surface area contributed by atoms with Crippen LogP contribution in [-0.2, 0) is 0 Å². The van der Waals surface area contributed by atoms with Gasteiger partial charge in [0.25, 0.3) is 0 Å². The van der Waals surface area contributed by atoms with Gasteiger partial charge in [0, 0.05) is 24.8 Å². The van der Waals surface area contributed by atoms with Crippen LogP contribution in [0.4, 0.5) is 16.4 Å². The second-order valence-electron chi connectivity index (χ2n) is 4.95. The lowest BCUT2D eigenvalue weighted by atomic mass is 9.90. The molecule has 0 unspecified atom stereocenters. The molecule has 8 heteroatoms. The van der Waals surface area contributed by atoms with Gasteiger partial charge in [-0.1, -0.05) is 12.2 Å². The number of hydrogen-bond acceptors (Lipinski definition) is 5. The lowest BCUT2D eigenvalue weighted by Gasteiger charge is -2.39. The first kappa shape index (κ1) is 13.6. The molecular formula is C11H17N5O2S. The highest BCUT2D eigenvalue weighted by Crippen LogP contribution is 2.25. The number of carboxylic acid groups (broad SMARTS) is 1. The lowest BCUT2D eigenvalue weighted by Crippen LogP contribution is -2.53. The van der Waals surface area contributed by atoms with E-state index in [2.05, 4.69) is 20.2 Å². The molecule has 0 aromatic carbocycles. The first-order valence-corrected chi connectivity index (χ1v) is 6.42. The molecule has 1 aromatic rings. The number of anilines is 2. The number of nitrogen functional groups attached to an aromatic ring is 1. The van der Waals surface area contributed by atoms with Crippen LogP contribution in [0, 0.1) is 4.64 Å². The molecule has 1 amide bonds. The summed E-state index contributed by atoms with van der Waals surface area (Å²) in [5.41, 5.74) is 5.30. The van der Waals surface area contributed by atoms with E-state index in [1.54, 1.807) is 6.20 Å². The van der Waals surface area contributed by atoms with Crippen molar-refractivity contribution in [1.29, 1.82) is 0 Å². The Hall–Kier alpha value is -1.83. The minimum Gasteiger partial charge on any atom is -0.465 e. The van der Waals surface area contributed by atoms with Crippen molar-refractivity contribution in [3.05, 3.63) is 10.8 Å². The summed E-state index contributed by atoms with van der Waals surface area (Å²) in [6, 6.07) is 0. The second-order valence-corrected chi connectivity index (χ2v) is 5.36. The van der Waals surface area contributed by atoms with Crippen LogP contribution in [0.1, 0.15) is 19.8 Å². The Morgan fingerprint density at radius 3 is 2.79 bits per heavy atom. The fraction of sp³-hybridized carbons (Fsp3) is 0.545. The lowest BCUT2D eigenvalue weighted by molar-refractivity contribution is 0.173. The molecular weight excluding hydrogens is 266 g/mol. The number of nitrogens with zero attached hydrogens (tertiary/aromatic N) is 2. The molecule has 1 aliphatic rings. The summed E-state index contributed by atoms with van der Waals surface area (Å²) >= 11 is 4.96. The third kappa shape index (κ3) is 3.14. The molecule has 104 valence electrons. The van der Waals surface area contributed by atoms with E-state index in [0.717, 1.165) is 18.7 Å². The highest BCUT2D eigenvalue weighted by atomic mass is 32.1. The molecule has 1 aliphatic heterocycles. The number of carbonyl (C=O) groups is 1. The standard InChI is InChI=1S/C11H17N5O2S/c1-11(15-10(17)18)2-4-16(5-3-11)7-6-13-9(19)8(12)14-7/h6,15H,2-5H2,1H3,(H2,12,14)(H,13,19)(H,17,18). The normalized spacial score (nSPS) is 18.1. The largest absolute Gasteiger partial charge is 0.465 e. The number of aromatic nitrogens is 2. The van der Waals surface area contributed by atoms with Gasteiger partial charge in [-0.3, -0.25) is 0 Å². The van der Waals surface area contributed by atoms with Crippen molar-refractivity contribution in [2.75, 3.05) is 23.7 Å². The van der Waals surface area contributed by atoms with Crippen molar-refractivity contribution in [3.8, 4) is 0 Å². The third-order valence-electron chi connectivity index (χ3n) is 3.40. The molecule has 19 heavy (non-hydrogen) atoms. The molecule has 0 saturated carbocycles. The van der Waals surface area contributed by atoms with E-state index >= 15 is 0 Å². The molecule has 2 heterocycles. The van der Waals surface area contributed by atoms with Crippen LogP contribution < -0.4 is 16.0 Å². The van der Waals surface area contributed by atoms with Crippen LogP contribution in [0.3, 0.4) is 0 Å². The number of aromatic amines is 1. The van der Waals surface area contributed by atoms with E-state index < -0.39 is 6.09 Å². The first-order chi connectivity index (χ1) is 8.89. The predicted octanol–water partition coefficient (Wildman–Crippen LogP) is 1.35. The average molecular weight is 283 g/mol. The molecule has 1 fully saturated rings. The Kier molecular flexibility index (Phi) is 3.61. The number of nitrogens with one attached hydrogen (secondary N) is 2. The van der Waals surface area contributed by atoms with Gasteiger partial charge in [0.2, 0.25) is 0 Å². The Morgan fingerprint density at radius 1 is 1.63 bits per heavy atom. The monoisotopic (exact) mass is 283 g/mol. The molecule has 0 radical (unpaired) electrons. The van der Waals surface area contributed by atoms with Gasteiger partial charge in [0.05, 0.1) is 0 Å². The van der Waals surface area contributed by atoms with Gasteiger partial charge in [-0.15, -0.1) is 0 Å². The van der Waals surface area contributed by atoms with Gasteiger partial charge >= 0.3 is 6.09 Å². The first-order valence-electron chi connectivity index (χ1n) is 6.01. The van der Waals surface area contributed by atoms with E-state index in [4.69, 9.17) is 23.1 Å². The summed E-state index contributed by atoms with van der Waals surface area (Å²) in [6.07, 6.45) is 2.18. The summed E-state index contributed by atoms with van der Waals surface area (Å²) in [6.45, 7) is 3.35. The van der Waals surface area contributed by atoms with Crippen molar-refractivity contribution in [2.24, 2.45) is 0 Å². The summed E-state index contributed by atoms with van der Waals surface area (Å²) in [5, 5.41) is 11.4. The van der Waals surface area contributed by atoms with Gasteiger partial charge in [0.15, 0.2) is 5.82 Å². The fourth-order valence-corrected chi connectivity index (χ4v) is 2.29. The smallest absolute Gasteiger partial charge is 0.405 e. The van der Waals surface area contributed by atoms with Gasteiger partial charge in [-0.05, 0) is 19.8 Å². The number of H-pyrrole nitrogens is 1. The number of rotatable bonds is 2. The van der Waals surface area contributed by atoms with Gasteiger partial charge in [0.1, 0.15) is 10.5 Å². The zero-order chi connectivity index (χ0) is 14.0. The molecule has 0 bridgehead atoms. The summed E-state index contributed by atoms with van der Waals surface area (Å²) in [5.74, 6) is 1.05. The Balaban J connectivity index is 2.05. The van der Waals surface area contributed by atoms with Crippen LogP contribution >= 0.6 is 12.2 Å². The van der Waals surface area contributed by atoms with E-state index in [9.17, 15) is 4.79 Å². The molecule has 1 aromatic heterocycles. The number of piperidine rings is 1. The van der Waals surface area contributed by atoms with Crippen molar-refractivity contribution in [3.63, 3.8) is 0 Å². The number of amides is 1. The molecule has 7 nitrogen and oxygen atoms in total. The van der Waals surface area contributed by atoms with Crippen LogP contribution in [0.5, 0.6) is 0 Å². The second kappa shape index (κ2) is 5.04. The zero-order valence-electron chi connectivity index (χ0n) is 10.6. The summed E-state index contributed by atoms with van der Waals surface area (Å²) in [4.78, 5) is 19.9. The quantitative estimate of drug-likeness (QED) is 0.610. The van der Waals surface area contributed by atoms with Crippen molar-refractivity contribution in [1.82, 2.24) is 15.3 Å². The van der Waals surface area contributed by atoms with Crippen LogP contribution in [0.2, 0.25) is 0 Å². The maximum atomic E-state index is 10.7. The molecule has 0 spiro atoms. The van der Waals surface area contributed by atoms with Crippen molar-refractivity contribution < 1.29 is 9.90 Å². The Morgan fingerprint density at radius 2 is 2.26 bits per heavy atom. The molecule has 0 atom stereocenters. The predicted molar refractivity (Wildman–Crippen MR) is 74.8 cm³/mol. The highest BCUT2D eigenvalue weighted by Gasteiger charge is 2.31. The fourth-order valence-electron chi connectivity index (χ4n) is 2.18. The van der Waals surface area contributed by atoms with E-state index in [-0.39, 0.29) is 5.54 Å². The maximum Gasteiger partial charge on any atom is 0.405 e. The van der Waals surface area contributed by atoms with Crippen molar-refractivity contribution in [2.45, 2.75) is 25.3 Å². The SMILES string of the molecule is CC1(NC(=O)O)CCN(c2c[nH]c(=S)c(N)n2)CC1.